The van der Waals surface area contributed by atoms with Crippen molar-refractivity contribution in [1.29, 1.82) is 0 Å². The van der Waals surface area contributed by atoms with Crippen molar-refractivity contribution in [2.45, 2.75) is 32.4 Å². The van der Waals surface area contributed by atoms with Gasteiger partial charge in [0.05, 0.1) is 12.1 Å². The van der Waals surface area contributed by atoms with Gasteiger partial charge in [-0.3, -0.25) is 11.3 Å². The van der Waals surface area contributed by atoms with Crippen LogP contribution in [0.5, 0.6) is 0 Å². The van der Waals surface area contributed by atoms with Crippen molar-refractivity contribution in [3.05, 3.63) is 34.1 Å². The van der Waals surface area contributed by atoms with E-state index in [0.29, 0.717) is 17.9 Å². The Kier molecular flexibility index (Phi) is 6.21. The lowest BCUT2D eigenvalue weighted by atomic mass is 9.94. The summed E-state index contributed by atoms with van der Waals surface area (Å²) in [6, 6.07) is 4.92. The number of nitrogens with one attached hydrogen (secondary N) is 1. The van der Waals surface area contributed by atoms with E-state index in [9.17, 15) is 4.39 Å². The second kappa shape index (κ2) is 7.19. The zero-order valence-electron chi connectivity index (χ0n) is 10.9. The van der Waals surface area contributed by atoms with Gasteiger partial charge >= 0.3 is 0 Å². The summed E-state index contributed by atoms with van der Waals surface area (Å²) in [6.07, 6.45) is 0.435. The number of benzene rings is 1. The maximum atomic E-state index is 13.8. The third kappa shape index (κ3) is 4.02. The highest BCUT2D eigenvalue weighted by molar-refractivity contribution is 9.10. The van der Waals surface area contributed by atoms with E-state index in [4.69, 9.17) is 10.6 Å². The van der Waals surface area contributed by atoms with Gasteiger partial charge in [-0.05, 0) is 30.0 Å². The van der Waals surface area contributed by atoms with Crippen molar-refractivity contribution in [3.63, 3.8) is 0 Å². The molecule has 2 atom stereocenters. The Morgan fingerprint density at radius 3 is 2.56 bits per heavy atom. The fraction of sp³-hybridized carbons (Fsp3) is 0.538. The van der Waals surface area contributed by atoms with E-state index in [1.807, 2.05) is 6.07 Å². The van der Waals surface area contributed by atoms with E-state index in [1.54, 1.807) is 13.2 Å². The third-order valence-electron chi connectivity index (χ3n) is 2.99. The normalized spacial score (nSPS) is 14.8. The molecule has 0 bridgehead atoms. The minimum absolute atomic E-state index is 0.0574. The number of nitrogens with two attached hydrogens (primary N) is 1. The van der Waals surface area contributed by atoms with E-state index < -0.39 is 0 Å². The number of methoxy groups -OCH3 is 1. The van der Waals surface area contributed by atoms with Crippen LogP contribution >= 0.6 is 15.9 Å². The summed E-state index contributed by atoms with van der Waals surface area (Å²) in [6.45, 7) is 4.10. The summed E-state index contributed by atoms with van der Waals surface area (Å²) >= 11 is 3.24. The van der Waals surface area contributed by atoms with E-state index in [2.05, 4.69) is 35.2 Å². The molecule has 5 heteroatoms. The summed E-state index contributed by atoms with van der Waals surface area (Å²) < 4.78 is 19.9. The molecule has 0 aliphatic carbocycles. The predicted octanol–water partition coefficient (Wildman–Crippen LogP) is 2.63. The van der Waals surface area contributed by atoms with Crippen molar-refractivity contribution >= 4 is 15.9 Å². The largest absolute Gasteiger partial charge is 0.380 e. The number of ether oxygens (including phenoxy) is 1. The molecule has 0 aromatic heterocycles. The van der Waals surface area contributed by atoms with E-state index in [1.165, 1.54) is 6.07 Å². The lowest BCUT2D eigenvalue weighted by Gasteiger charge is -2.28. The zero-order valence-corrected chi connectivity index (χ0v) is 12.5. The maximum absolute atomic E-state index is 13.8. The molecule has 1 aromatic rings. The summed E-state index contributed by atoms with van der Waals surface area (Å²) in [5.41, 5.74) is 3.35. The van der Waals surface area contributed by atoms with Gasteiger partial charge in [0.25, 0.3) is 0 Å². The molecular formula is C13H20BrFN2O. The first-order chi connectivity index (χ1) is 8.49. The minimum Gasteiger partial charge on any atom is -0.380 e. The summed E-state index contributed by atoms with van der Waals surface area (Å²) in [5, 5.41) is 0. The quantitative estimate of drug-likeness (QED) is 0.626. The standard InChI is InChI=1S/C13H20BrFN2O/c1-8(2)13(18-3)12(17-16)6-9-4-5-10(14)7-11(9)15/h4-5,7-8,12-13,17H,6,16H2,1-3H3. The van der Waals surface area contributed by atoms with Crippen LogP contribution in [0.15, 0.2) is 22.7 Å². The zero-order chi connectivity index (χ0) is 13.7. The highest BCUT2D eigenvalue weighted by Gasteiger charge is 2.24. The van der Waals surface area contributed by atoms with Crippen molar-refractivity contribution in [3.8, 4) is 0 Å². The molecule has 0 spiro atoms. The minimum atomic E-state index is -0.233. The Balaban J connectivity index is 2.85. The molecular weight excluding hydrogens is 299 g/mol. The van der Waals surface area contributed by atoms with Crippen LogP contribution in [0, 0.1) is 11.7 Å². The first-order valence-corrected chi connectivity index (χ1v) is 6.71. The second-order valence-electron chi connectivity index (χ2n) is 4.66. The molecule has 3 nitrogen and oxygen atoms in total. The van der Waals surface area contributed by atoms with Gasteiger partial charge in [-0.15, -0.1) is 0 Å². The summed E-state index contributed by atoms with van der Waals surface area (Å²) in [4.78, 5) is 0. The van der Waals surface area contributed by atoms with Crippen molar-refractivity contribution in [2.75, 3.05) is 7.11 Å². The van der Waals surface area contributed by atoms with Crippen molar-refractivity contribution < 1.29 is 9.13 Å². The van der Waals surface area contributed by atoms with Gasteiger partial charge in [-0.2, -0.15) is 0 Å². The number of hydrogen-bond acceptors (Lipinski definition) is 3. The van der Waals surface area contributed by atoms with Crippen LogP contribution in [0.1, 0.15) is 19.4 Å². The first kappa shape index (κ1) is 15.6. The molecule has 0 fully saturated rings. The molecule has 102 valence electrons. The average Bonchev–Trinajstić information content (AvgIpc) is 2.31. The van der Waals surface area contributed by atoms with Gasteiger partial charge in [-0.1, -0.05) is 35.8 Å². The molecule has 0 radical (unpaired) electrons. The van der Waals surface area contributed by atoms with Gasteiger partial charge in [0, 0.05) is 11.6 Å². The van der Waals surface area contributed by atoms with Gasteiger partial charge in [0.1, 0.15) is 5.82 Å². The highest BCUT2D eigenvalue weighted by Crippen LogP contribution is 2.19. The molecule has 0 amide bonds. The van der Waals surface area contributed by atoms with Crippen LogP contribution in [0.2, 0.25) is 0 Å². The lowest BCUT2D eigenvalue weighted by molar-refractivity contribution is 0.0330. The lowest BCUT2D eigenvalue weighted by Crippen LogP contribution is -2.48. The first-order valence-electron chi connectivity index (χ1n) is 5.92. The molecule has 0 aliphatic rings. The molecule has 1 rings (SSSR count). The fourth-order valence-electron chi connectivity index (χ4n) is 2.10. The van der Waals surface area contributed by atoms with Gasteiger partial charge in [-0.25, -0.2) is 4.39 Å². The third-order valence-corrected chi connectivity index (χ3v) is 3.49. The number of hydrazine groups is 1. The van der Waals surface area contributed by atoms with E-state index in [-0.39, 0.29) is 18.0 Å². The Bertz CT molecular complexity index is 387. The number of hydrogen-bond donors (Lipinski definition) is 2. The summed E-state index contributed by atoms with van der Waals surface area (Å²) in [7, 11) is 1.65. The molecule has 0 aliphatic heterocycles. The van der Waals surface area contributed by atoms with E-state index in [0.717, 1.165) is 4.47 Å². The van der Waals surface area contributed by atoms with E-state index >= 15 is 0 Å². The molecule has 0 saturated carbocycles. The molecule has 18 heavy (non-hydrogen) atoms. The monoisotopic (exact) mass is 318 g/mol. The van der Waals surface area contributed by atoms with Gasteiger partial charge in [0.2, 0.25) is 0 Å². The summed E-state index contributed by atoms with van der Waals surface area (Å²) in [5.74, 6) is 5.62. The van der Waals surface area contributed by atoms with Crippen LogP contribution in [0.25, 0.3) is 0 Å². The smallest absolute Gasteiger partial charge is 0.127 e. The Hall–Kier alpha value is -0.490. The molecule has 0 saturated heterocycles. The van der Waals surface area contributed by atoms with Gasteiger partial charge in [0.15, 0.2) is 0 Å². The van der Waals surface area contributed by atoms with Crippen LogP contribution in [-0.2, 0) is 11.2 Å². The van der Waals surface area contributed by atoms with Gasteiger partial charge < -0.3 is 4.74 Å². The SMILES string of the molecule is COC(C(C)C)C(Cc1ccc(Br)cc1F)NN. The van der Waals surface area contributed by atoms with Crippen molar-refractivity contribution in [1.82, 2.24) is 5.43 Å². The number of rotatable bonds is 6. The molecule has 0 heterocycles. The number of halogens is 2. The molecule has 1 aromatic carbocycles. The van der Waals surface area contributed by atoms with Crippen LogP contribution in [0.3, 0.4) is 0 Å². The predicted molar refractivity (Wildman–Crippen MR) is 74.6 cm³/mol. The highest BCUT2D eigenvalue weighted by atomic mass is 79.9. The maximum Gasteiger partial charge on any atom is 0.127 e. The van der Waals surface area contributed by atoms with Crippen LogP contribution in [-0.4, -0.2) is 19.3 Å². The Morgan fingerprint density at radius 2 is 2.11 bits per heavy atom. The van der Waals surface area contributed by atoms with Crippen LogP contribution < -0.4 is 11.3 Å². The average molecular weight is 319 g/mol. The Labute approximate surface area is 116 Å². The Morgan fingerprint density at radius 1 is 1.44 bits per heavy atom. The molecule has 3 N–H and O–H groups in total. The second-order valence-corrected chi connectivity index (χ2v) is 5.57. The fourth-order valence-corrected chi connectivity index (χ4v) is 2.43. The molecule has 2 unspecified atom stereocenters. The van der Waals surface area contributed by atoms with Crippen LogP contribution in [0.4, 0.5) is 4.39 Å². The topological polar surface area (TPSA) is 47.3 Å². The van der Waals surface area contributed by atoms with Crippen molar-refractivity contribution in [2.24, 2.45) is 11.8 Å².